The number of pyridine rings is 1. The molecule has 1 rings (SSSR count). The van der Waals surface area contributed by atoms with Gasteiger partial charge >= 0.3 is 0 Å². The molecule has 0 amide bonds. The van der Waals surface area contributed by atoms with Crippen LogP contribution in [0, 0.1) is 11.3 Å². The van der Waals surface area contributed by atoms with Gasteiger partial charge in [0.1, 0.15) is 0 Å². The van der Waals surface area contributed by atoms with Gasteiger partial charge in [0.05, 0.1) is 18.4 Å². The van der Waals surface area contributed by atoms with Crippen LogP contribution in [0.5, 0.6) is 0 Å². The van der Waals surface area contributed by atoms with Gasteiger partial charge in [0, 0.05) is 32.3 Å². The zero-order chi connectivity index (χ0) is 10.9. The molecule has 1 N–H and O–H groups in total. The molecule has 4 heteroatoms. The van der Waals surface area contributed by atoms with Crippen LogP contribution < -0.4 is 0 Å². The Balaban J connectivity index is 2.47. The summed E-state index contributed by atoms with van der Waals surface area (Å²) in [6.45, 7) is 2.05. The van der Waals surface area contributed by atoms with Crippen LogP contribution in [-0.2, 0) is 6.54 Å². The first-order valence-electron chi connectivity index (χ1n) is 4.97. The second-order valence-corrected chi connectivity index (χ2v) is 3.23. The molecule has 1 heterocycles. The van der Waals surface area contributed by atoms with E-state index in [-0.39, 0.29) is 6.61 Å². The SMILES string of the molecule is N#CCCN(CCO)Cc1ccccn1. The standard InChI is InChI=1S/C11H15N3O/c12-5-3-7-14(8-9-15)10-11-4-1-2-6-13-11/h1-2,4,6,15H,3,7-10H2. The largest absolute Gasteiger partial charge is 0.395 e. The molecule has 15 heavy (non-hydrogen) atoms. The van der Waals surface area contributed by atoms with E-state index in [2.05, 4.69) is 11.1 Å². The van der Waals surface area contributed by atoms with Gasteiger partial charge in [-0.05, 0) is 12.1 Å². The maximum absolute atomic E-state index is 8.87. The van der Waals surface area contributed by atoms with E-state index in [9.17, 15) is 0 Å². The molecule has 1 aromatic rings. The van der Waals surface area contributed by atoms with E-state index in [1.165, 1.54) is 0 Å². The molecule has 0 unspecified atom stereocenters. The van der Waals surface area contributed by atoms with Crippen LogP contribution in [0.1, 0.15) is 12.1 Å². The summed E-state index contributed by atoms with van der Waals surface area (Å²) >= 11 is 0. The third-order valence-electron chi connectivity index (χ3n) is 2.07. The lowest BCUT2D eigenvalue weighted by Gasteiger charge is -2.19. The third kappa shape index (κ3) is 4.54. The Morgan fingerprint density at radius 1 is 1.40 bits per heavy atom. The van der Waals surface area contributed by atoms with Gasteiger partial charge in [-0.15, -0.1) is 0 Å². The third-order valence-corrected chi connectivity index (χ3v) is 2.07. The van der Waals surface area contributed by atoms with Crippen LogP contribution >= 0.6 is 0 Å². The Hall–Kier alpha value is -1.44. The molecular weight excluding hydrogens is 190 g/mol. The molecule has 0 spiro atoms. The lowest BCUT2D eigenvalue weighted by molar-refractivity contribution is 0.191. The molecule has 0 atom stereocenters. The van der Waals surface area contributed by atoms with Crippen molar-refractivity contribution in [3.8, 4) is 6.07 Å². The Bertz CT molecular complexity index is 307. The monoisotopic (exact) mass is 205 g/mol. The summed E-state index contributed by atoms with van der Waals surface area (Å²) in [5.41, 5.74) is 0.962. The molecular formula is C11H15N3O. The zero-order valence-electron chi connectivity index (χ0n) is 8.63. The van der Waals surface area contributed by atoms with Crippen molar-refractivity contribution in [3.63, 3.8) is 0 Å². The van der Waals surface area contributed by atoms with Gasteiger partial charge in [-0.1, -0.05) is 6.07 Å². The van der Waals surface area contributed by atoms with E-state index in [0.29, 0.717) is 26.1 Å². The van der Waals surface area contributed by atoms with Gasteiger partial charge < -0.3 is 5.11 Å². The van der Waals surface area contributed by atoms with Crippen LogP contribution in [-0.4, -0.2) is 34.7 Å². The van der Waals surface area contributed by atoms with E-state index in [0.717, 1.165) is 5.69 Å². The van der Waals surface area contributed by atoms with Crippen molar-refractivity contribution in [1.82, 2.24) is 9.88 Å². The van der Waals surface area contributed by atoms with Crippen LogP contribution in [0.2, 0.25) is 0 Å². The fourth-order valence-corrected chi connectivity index (χ4v) is 1.34. The molecule has 1 aromatic heterocycles. The zero-order valence-corrected chi connectivity index (χ0v) is 8.63. The van der Waals surface area contributed by atoms with Crippen molar-refractivity contribution in [2.24, 2.45) is 0 Å². The van der Waals surface area contributed by atoms with Crippen LogP contribution in [0.3, 0.4) is 0 Å². The Labute approximate surface area is 89.8 Å². The number of aliphatic hydroxyl groups excluding tert-OH is 1. The van der Waals surface area contributed by atoms with Crippen molar-refractivity contribution in [2.75, 3.05) is 19.7 Å². The van der Waals surface area contributed by atoms with Crippen LogP contribution in [0.4, 0.5) is 0 Å². The maximum Gasteiger partial charge on any atom is 0.0635 e. The van der Waals surface area contributed by atoms with E-state index >= 15 is 0 Å². The summed E-state index contributed by atoms with van der Waals surface area (Å²) in [5, 5.41) is 17.4. The molecule has 0 aliphatic heterocycles. The molecule has 4 nitrogen and oxygen atoms in total. The van der Waals surface area contributed by atoms with Crippen molar-refractivity contribution in [2.45, 2.75) is 13.0 Å². The number of nitrogens with zero attached hydrogens (tertiary/aromatic N) is 3. The quantitative estimate of drug-likeness (QED) is 0.746. The maximum atomic E-state index is 8.87. The van der Waals surface area contributed by atoms with Crippen molar-refractivity contribution >= 4 is 0 Å². The molecule has 80 valence electrons. The highest BCUT2D eigenvalue weighted by atomic mass is 16.3. The van der Waals surface area contributed by atoms with Crippen LogP contribution in [0.15, 0.2) is 24.4 Å². The molecule has 0 radical (unpaired) electrons. The summed E-state index contributed by atoms with van der Waals surface area (Å²) < 4.78 is 0. The summed E-state index contributed by atoms with van der Waals surface area (Å²) in [6.07, 6.45) is 2.23. The van der Waals surface area contributed by atoms with Gasteiger partial charge in [-0.2, -0.15) is 5.26 Å². The Kier molecular flexibility index (Phi) is 5.38. The van der Waals surface area contributed by atoms with Gasteiger partial charge in [0.25, 0.3) is 0 Å². The van der Waals surface area contributed by atoms with Gasteiger partial charge in [-0.25, -0.2) is 0 Å². The number of hydrogen-bond acceptors (Lipinski definition) is 4. The minimum Gasteiger partial charge on any atom is -0.395 e. The first kappa shape index (κ1) is 11.6. The Morgan fingerprint density at radius 2 is 2.27 bits per heavy atom. The smallest absolute Gasteiger partial charge is 0.0635 e. The average Bonchev–Trinajstić information content (AvgIpc) is 2.28. The Morgan fingerprint density at radius 3 is 2.87 bits per heavy atom. The van der Waals surface area contributed by atoms with E-state index in [1.807, 2.05) is 23.1 Å². The number of rotatable bonds is 6. The lowest BCUT2D eigenvalue weighted by atomic mass is 10.3. The minimum absolute atomic E-state index is 0.109. The molecule has 0 fully saturated rings. The highest BCUT2D eigenvalue weighted by Crippen LogP contribution is 2.01. The minimum atomic E-state index is 0.109. The fraction of sp³-hybridized carbons (Fsp3) is 0.455. The van der Waals surface area contributed by atoms with Gasteiger partial charge in [0.15, 0.2) is 0 Å². The molecule has 0 saturated heterocycles. The van der Waals surface area contributed by atoms with Gasteiger partial charge in [0.2, 0.25) is 0 Å². The highest BCUT2D eigenvalue weighted by molar-refractivity contribution is 5.03. The summed E-state index contributed by atoms with van der Waals surface area (Å²) in [6, 6.07) is 7.84. The predicted octanol–water partition coefficient (Wildman–Crippen LogP) is 0.790. The normalized spacial score (nSPS) is 10.2. The predicted molar refractivity (Wildman–Crippen MR) is 56.8 cm³/mol. The lowest BCUT2D eigenvalue weighted by Crippen LogP contribution is -2.27. The summed E-state index contributed by atoms with van der Waals surface area (Å²) in [5.74, 6) is 0. The number of aliphatic hydroxyl groups is 1. The topological polar surface area (TPSA) is 60.2 Å². The second-order valence-electron chi connectivity index (χ2n) is 3.23. The van der Waals surface area contributed by atoms with E-state index in [4.69, 9.17) is 10.4 Å². The molecule has 0 aromatic carbocycles. The van der Waals surface area contributed by atoms with E-state index < -0.39 is 0 Å². The van der Waals surface area contributed by atoms with Crippen molar-refractivity contribution in [1.29, 1.82) is 5.26 Å². The molecule has 0 saturated carbocycles. The molecule has 0 aliphatic rings. The van der Waals surface area contributed by atoms with Crippen molar-refractivity contribution in [3.05, 3.63) is 30.1 Å². The first-order chi connectivity index (χ1) is 7.36. The number of hydrogen-bond donors (Lipinski definition) is 1. The summed E-state index contributed by atoms with van der Waals surface area (Å²) in [4.78, 5) is 6.22. The van der Waals surface area contributed by atoms with Gasteiger partial charge in [-0.3, -0.25) is 9.88 Å². The average molecular weight is 205 g/mol. The van der Waals surface area contributed by atoms with Crippen LogP contribution in [0.25, 0.3) is 0 Å². The second kappa shape index (κ2) is 6.93. The summed E-state index contributed by atoms with van der Waals surface area (Å²) in [7, 11) is 0. The molecule has 0 aliphatic carbocycles. The number of nitriles is 1. The number of aromatic nitrogens is 1. The van der Waals surface area contributed by atoms with Crippen molar-refractivity contribution < 1.29 is 5.11 Å². The van der Waals surface area contributed by atoms with E-state index in [1.54, 1.807) is 6.20 Å². The first-order valence-corrected chi connectivity index (χ1v) is 4.97. The fourth-order valence-electron chi connectivity index (χ4n) is 1.34. The molecule has 0 bridgehead atoms. The highest BCUT2D eigenvalue weighted by Gasteiger charge is 2.05.